The van der Waals surface area contributed by atoms with Crippen molar-refractivity contribution in [2.45, 2.75) is 69.1 Å². The number of hydrogen-bond donors (Lipinski definition) is 5. The molecule has 3 aliphatic rings. The highest BCUT2D eigenvalue weighted by atomic mass is 35.5. The molecule has 1 aliphatic heterocycles. The number of halogens is 2. The Hall–Kier alpha value is -3.13. The smallest absolute Gasteiger partial charge is 0.202 e. The highest BCUT2D eigenvalue weighted by Crippen LogP contribution is 2.52. The molecule has 2 aromatic carbocycles. The maximum Gasteiger partial charge on any atom is 0.202 e. The van der Waals surface area contributed by atoms with E-state index in [1.165, 1.54) is 32.2 Å². The standard InChI is InChI=1S/C27H28FNO10.ClH/c1-9-21(31)20(29)19(28)26(38-9)39-14-8-27(36,10(2)30)7-12-16(14)25(35)18-17(23(12)33)22(32)11-5-4-6-13(37-3)15(11)24(18)34;/h4-6,9,14,19-21,26,31,33,35-36H,7-8,29H2,1-3H3;1H/t9-,14-,19+,20-,21+,26-,27-;/m0./s1. The Morgan fingerprint density at radius 3 is 2.42 bits per heavy atom. The van der Waals surface area contributed by atoms with Gasteiger partial charge in [0.15, 0.2) is 24.0 Å². The molecule has 0 aromatic heterocycles. The van der Waals surface area contributed by atoms with Crippen LogP contribution in [-0.2, 0) is 20.7 Å². The summed E-state index contributed by atoms with van der Waals surface area (Å²) in [5.74, 6) is -3.68. The van der Waals surface area contributed by atoms with Crippen LogP contribution in [0.1, 0.15) is 69.3 Å². The van der Waals surface area contributed by atoms with Crippen molar-refractivity contribution in [2.75, 3.05) is 7.11 Å². The number of benzene rings is 2. The van der Waals surface area contributed by atoms with Crippen molar-refractivity contribution >= 4 is 29.8 Å². The van der Waals surface area contributed by atoms with Crippen molar-refractivity contribution in [2.24, 2.45) is 5.73 Å². The number of methoxy groups -OCH3 is 1. The van der Waals surface area contributed by atoms with Gasteiger partial charge in [-0.25, -0.2) is 4.39 Å². The molecule has 0 unspecified atom stereocenters. The number of ether oxygens (including phenoxy) is 3. The van der Waals surface area contributed by atoms with Crippen molar-refractivity contribution in [1.29, 1.82) is 0 Å². The summed E-state index contributed by atoms with van der Waals surface area (Å²) in [6, 6.07) is 2.93. The fourth-order valence-corrected chi connectivity index (χ4v) is 5.62. The van der Waals surface area contributed by atoms with E-state index in [2.05, 4.69) is 0 Å². The minimum atomic E-state index is -2.13. The molecule has 0 radical (unpaired) electrons. The fraction of sp³-hybridized carbons (Fsp3) is 0.444. The van der Waals surface area contributed by atoms with E-state index in [4.69, 9.17) is 19.9 Å². The number of aromatic hydroxyl groups is 2. The van der Waals surface area contributed by atoms with E-state index < -0.39 is 95.2 Å². The largest absolute Gasteiger partial charge is 0.507 e. The molecule has 7 atom stereocenters. The highest BCUT2D eigenvalue weighted by Gasteiger charge is 2.51. The molecule has 0 saturated carbocycles. The van der Waals surface area contributed by atoms with E-state index in [0.717, 1.165) is 6.92 Å². The second-order valence-electron chi connectivity index (χ2n) is 10.2. The Kier molecular flexibility index (Phi) is 7.73. The van der Waals surface area contributed by atoms with Crippen molar-refractivity contribution in [3.05, 3.63) is 51.6 Å². The fourth-order valence-electron chi connectivity index (χ4n) is 5.62. The first kappa shape index (κ1) is 29.8. The first-order valence-corrected chi connectivity index (χ1v) is 12.3. The number of fused-ring (bicyclic) bond motifs is 3. The molecule has 1 saturated heterocycles. The average molecular weight is 582 g/mol. The molecule has 0 amide bonds. The second kappa shape index (κ2) is 10.4. The molecule has 2 aromatic rings. The van der Waals surface area contributed by atoms with Crippen LogP contribution in [0.25, 0.3) is 0 Å². The minimum Gasteiger partial charge on any atom is -0.507 e. The van der Waals surface area contributed by atoms with Crippen LogP contribution in [0, 0.1) is 0 Å². The normalized spacial score (nSPS) is 31.0. The number of alkyl halides is 1. The minimum absolute atomic E-state index is 0. The summed E-state index contributed by atoms with van der Waals surface area (Å²) in [5, 5.41) is 44.0. The molecule has 0 bridgehead atoms. The zero-order valence-electron chi connectivity index (χ0n) is 21.7. The SMILES string of the molecule is COc1cccc2c1C(=O)c1c(O)c3c(c(O)c1C2=O)C[C@@](O)(C(C)=O)C[C@@H]3O[C@@H]1O[C@@H](C)[C@@H](O)[C@@H](N)[C@H]1F.Cl. The molecule has 1 heterocycles. The number of phenols is 2. The van der Waals surface area contributed by atoms with Crippen LogP contribution in [0.2, 0.25) is 0 Å². The molecule has 13 heteroatoms. The maximum atomic E-state index is 15.1. The van der Waals surface area contributed by atoms with Crippen LogP contribution in [0.3, 0.4) is 0 Å². The Morgan fingerprint density at radius 2 is 1.80 bits per heavy atom. The molecule has 1 fully saturated rings. The van der Waals surface area contributed by atoms with E-state index in [1.807, 2.05) is 0 Å². The lowest BCUT2D eigenvalue weighted by molar-refractivity contribution is -0.273. The number of carbonyl (C=O) groups is 3. The summed E-state index contributed by atoms with van der Waals surface area (Å²) in [7, 11) is 1.31. The van der Waals surface area contributed by atoms with Crippen LogP contribution < -0.4 is 10.5 Å². The van der Waals surface area contributed by atoms with E-state index >= 15 is 4.39 Å². The lowest BCUT2D eigenvalue weighted by atomic mass is 9.72. The third-order valence-corrected chi connectivity index (χ3v) is 7.88. The number of Topliss-reactive ketones (excluding diaryl/α,β-unsaturated/α-hetero) is 1. The van der Waals surface area contributed by atoms with Crippen LogP contribution in [0.15, 0.2) is 18.2 Å². The van der Waals surface area contributed by atoms with Crippen molar-refractivity contribution in [3.8, 4) is 17.2 Å². The van der Waals surface area contributed by atoms with E-state index in [-0.39, 0.29) is 40.4 Å². The lowest BCUT2D eigenvalue weighted by Gasteiger charge is -2.43. The molecule has 6 N–H and O–H groups in total. The summed E-state index contributed by atoms with van der Waals surface area (Å²) >= 11 is 0. The van der Waals surface area contributed by atoms with Crippen LogP contribution in [0.5, 0.6) is 17.2 Å². The van der Waals surface area contributed by atoms with Crippen molar-refractivity contribution in [1.82, 2.24) is 0 Å². The summed E-state index contributed by atoms with van der Waals surface area (Å²) in [4.78, 5) is 39.6. The molecule has 5 rings (SSSR count). The van der Waals surface area contributed by atoms with Gasteiger partial charge in [-0.2, -0.15) is 0 Å². The third kappa shape index (κ3) is 4.26. The molecular formula is C27H29ClFNO10. The van der Waals surface area contributed by atoms with Gasteiger partial charge in [0.25, 0.3) is 0 Å². The van der Waals surface area contributed by atoms with Crippen LogP contribution in [0.4, 0.5) is 4.39 Å². The summed E-state index contributed by atoms with van der Waals surface area (Å²) in [6.07, 6.45) is -8.52. The first-order chi connectivity index (χ1) is 18.3. The van der Waals surface area contributed by atoms with Gasteiger partial charge < -0.3 is 40.4 Å². The van der Waals surface area contributed by atoms with Crippen LogP contribution in [-0.4, -0.2) is 81.2 Å². The van der Waals surface area contributed by atoms with Crippen molar-refractivity contribution < 1.29 is 53.4 Å². The molecule has 11 nitrogen and oxygen atoms in total. The molecule has 216 valence electrons. The Balaban J connectivity index is 0.00000370. The van der Waals surface area contributed by atoms with E-state index in [1.54, 1.807) is 0 Å². The number of aliphatic hydroxyl groups is 2. The Morgan fingerprint density at radius 1 is 1.15 bits per heavy atom. The van der Waals surface area contributed by atoms with E-state index in [0.29, 0.717) is 0 Å². The predicted molar refractivity (Wildman–Crippen MR) is 138 cm³/mol. The third-order valence-electron chi connectivity index (χ3n) is 7.88. The number of aliphatic hydroxyl groups excluding tert-OH is 1. The molecule has 0 spiro atoms. The van der Waals surface area contributed by atoms with Gasteiger partial charge in [0.1, 0.15) is 22.8 Å². The first-order valence-electron chi connectivity index (χ1n) is 12.3. The topological polar surface area (TPSA) is 186 Å². The summed E-state index contributed by atoms with van der Waals surface area (Å²) in [5.41, 5.74) is 2.03. The molecule has 40 heavy (non-hydrogen) atoms. The van der Waals surface area contributed by atoms with Crippen molar-refractivity contribution in [3.63, 3.8) is 0 Å². The number of rotatable bonds is 4. The second-order valence-corrected chi connectivity index (χ2v) is 10.2. The summed E-state index contributed by atoms with van der Waals surface area (Å²) < 4.78 is 31.6. The van der Waals surface area contributed by atoms with Gasteiger partial charge in [-0.3, -0.25) is 14.4 Å². The van der Waals surface area contributed by atoms with Gasteiger partial charge in [0.2, 0.25) is 5.78 Å². The quantitative estimate of drug-likeness (QED) is 0.280. The monoisotopic (exact) mass is 581 g/mol. The summed E-state index contributed by atoms with van der Waals surface area (Å²) in [6.45, 7) is 2.56. The van der Waals surface area contributed by atoms with Gasteiger partial charge in [0.05, 0.1) is 48.2 Å². The van der Waals surface area contributed by atoms with Gasteiger partial charge in [-0.1, -0.05) is 12.1 Å². The Labute approximate surface area is 234 Å². The van der Waals surface area contributed by atoms with Gasteiger partial charge in [0, 0.05) is 29.5 Å². The van der Waals surface area contributed by atoms with Crippen LogP contribution >= 0.6 is 12.4 Å². The number of ketones is 3. The zero-order valence-corrected chi connectivity index (χ0v) is 22.5. The number of carbonyl (C=O) groups excluding carboxylic acids is 3. The zero-order chi connectivity index (χ0) is 28.5. The lowest BCUT2D eigenvalue weighted by Crippen LogP contribution is -2.60. The maximum absolute atomic E-state index is 15.1. The van der Waals surface area contributed by atoms with Gasteiger partial charge in [-0.15, -0.1) is 12.4 Å². The van der Waals surface area contributed by atoms with Gasteiger partial charge in [-0.05, 0) is 19.9 Å². The number of nitrogens with two attached hydrogens (primary N) is 1. The van der Waals surface area contributed by atoms with Gasteiger partial charge >= 0.3 is 0 Å². The number of phenolic OH excluding ortho intramolecular Hbond substituents is 2. The molecular weight excluding hydrogens is 553 g/mol. The predicted octanol–water partition coefficient (Wildman–Crippen LogP) is 1.40. The average Bonchev–Trinajstić information content (AvgIpc) is 2.90. The highest BCUT2D eigenvalue weighted by molar-refractivity contribution is 6.31. The Bertz CT molecular complexity index is 1420. The van der Waals surface area contributed by atoms with E-state index in [9.17, 15) is 34.8 Å². The number of hydrogen-bond acceptors (Lipinski definition) is 11. The molecule has 2 aliphatic carbocycles.